The van der Waals surface area contributed by atoms with Gasteiger partial charge in [-0.05, 0) is 35.4 Å². The lowest BCUT2D eigenvalue weighted by Gasteiger charge is -1.97. The van der Waals surface area contributed by atoms with Gasteiger partial charge in [-0.15, -0.1) is 11.3 Å². The molecule has 0 aliphatic rings. The van der Waals surface area contributed by atoms with Gasteiger partial charge in [0, 0.05) is 9.72 Å². The Hall–Kier alpha value is -0.530. The van der Waals surface area contributed by atoms with Crippen LogP contribution in [0.25, 0.3) is 10.1 Å². The molecule has 0 amide bonds. The van der Waals surface area contributed by atoms with Crippen molar-refractivity contribution in [1.82, 2.24) is 0 Å². The van der Waals surface area contributed by atoms with Gasteiger partial charge < -0.3 is 0 Å². The first kappa shape index (κ1) is 7.14. The van der Waals surface area contributed by atoms with E-state index in [2.05, 4.69) is 24.4 Å². The van der Waals surface area contributed by atoms with Crippen molar-refractivity contribution in [2.75, 3.05) is 0 Å². The Kier molecular flexibility index (Phi) is 1.63. The van der Waals surface area contributed by atoms with Gasteiger partial charge in [-0.3, -0.25) is 0 Å². The molecule has 1 aromatic heterocycles. The van der Waals surface area contributed by atoms with Crippen LogP contribution >= 0.6 is 22.9 Å². The Labute approximate surface area is 74.4 Å². The number of hydrogen-bond donors (Lipinski definition) is 0. The van der Waals surface area contributed by atoms with Crippen LogP contribution in [0.3, 0.4) is 0 Å². The molecule has 2 heteroatoms. The summed E-state index contributed by atoms with van der Waals surface area (Å²) >= 11 is 7.69. The number of hydrogen-bond acceptors (Lipinski definition) is 1. The normalized spacial score (nSPS) is 10.7. The third-order valence-electron chi connectivity index (χ3n) is 1.80. The molecule has 1 aromatic carbocycles. The second-order valence-corrected chi connectivity index (χ2v) is 3.83. The van der Waals surface area contributed by atoms with Crippen molar-refractivity contribution < 1.29 is 0 Å². The van der Waals surface area contributed by atoms with Gasteiger partial charge in [-0.1, -0.05) is 17.7 Å². The number of benzene rings is 1. The number of rotatable bonds is 0. The standard InChI is InChI=1S/C9H7ClS/c1-6-8(10)3-2-7-4-5-11-9(6)7/h2-5H,1H3. The van der Waals surface area contributed by atoms with E-state index in [0.717, 1.165) is 5.02 Å². The highest BCUT2D eigenvalue weighted by Gasteiger charge is 2.00. The predicted octanol–water partition coefficient (Wildman–Crippen LogP) is 3.86. The van der Waals surface area contributed by atoms with Crippen molar-refractivity contribution in [2.24, 2.45) is 0 Å². The van der Waals surface area contributed by atoms with Crippen molar-refractivity contribution in [2.45, 2.75) is 6.92 Å². The minimum absolute atomic E-state index is 0.861. The van der Waals surface area contributed by atoms with E-state index in [0.29, 0.717) is 0 Å². The molecule has 0 aliphatic carbocycles. The maximum atomic E-state index is 5.95. The molecule has 11 heavy (non-hydrogen) atoms. The zero-order valence-corrected chi connectivity index (χ0v) is 7.67. The van der Waals surface area contributed by atoms with E-state index >= 15 is 0 Å². The quantitative estimate of drug-likeness (QED) is 0.581. The summed E-state index contributed by atoms with van der Waals surface area (Å²) in [6.45, 7) is 2.06. The van der Waals surface area contributed by atoms with E-state index in [1.807, 2.05) is 6.07 Å². The first-order valence-electron chi connectivity index (χ1n) is 3.41. The van der Waals surface area contributed by atoms with Crippen LogP contribution in [0.1, 0.15) is 5.56 Å². The van der Waals surface area contributed by atoms with Crippen molar-refractivity contribution in [3.63, 3.8) is 0 Å². The molecule has 0 saturated heterocycles. The summed E-state index contributed by atoms with van der Waals surface area (Å²) in [5.74, 6) is 0. The smallest absolute Gasteiger partial charge is 0.0449 e. The molecule has 0 radical (unpaired) electrons. The Morgan fingerprint density at radius 3 is 2.91 bits per heavy atom. The number of fused-ring (bicyclic) bond motifs is 1. The second-order valence-electron chi connectivity index (χ2n) is 2.51. The largest absolute Gasteiger partial charge is 0.143 e. The topological polar surface area (TPSA) is 0 Å². The summed E-state index contributed by atoms with van der Waals surface area (Å²) < 4.78 is 1.30. The van der Waals surface area contributed by atoms with E-state index in [4.69, 9.17) is 11.6 Å². The van der Waals surface area contributed by atoms with E-state index < -0.39 is 0 Å². The molecule has 2 aromatic rings. The Morgan fingerprint density at radius 1 is 1.27 bits per heavy atom. The van der Waals surface area contributed by atoms with Gasteiger partial charge in [0.25, 0.3) is 0 Å². The second kappa shape index (κ2) is 2.50. The number of thiophene rings is 1. The molecular weight excluding hydrogens is 176 g/mol. The van der Waals surface area contributed by atoms with Crippen LogP contribution in [0.4, 0.5) is 0 Å². The third kappa shape index (κ3) is 1.05. The summed E-state index contributed by atoms with van der Waals surface area (Å²) in [7, 11) is 0. The Balaban J connectivity index is 2.93. The fourth-order valence-electron chi connectivity index (χ4n) is 1.15. The average Bonchev–Trinajstić information content (AvgIpc) is 2.45. The molecule has 0 aliphatic heterocycles. The van der Waals surface area contributed by atoms with Crippen LogP contribution in [0, 0.1) is 6.92 Å². The Morgan fingerprint density at radius 2 is 2.09 bits per heavy atom. The molecule has 56 valence electrons. The van der Waals surface area contributed by atoms with Crippen LogP contribution < -0.4 is 0 Å². The minimum Gasteiger partial charge on any atom is -0.143 e. The summed E-state index contributed by atoms with van der Waals surface area (Å²) in [5, 5.41) is 4.24. The highest BCUT2D eigenvalue weighted by atomic mass is 35.5. The molecule has 1 heterocycles. The van der Waals surface area contributed by atoms with Crippen LogP contribution in [-0.4, -0.2) is 0 Å². The van der Waals surface area contributed by atoms with E-state index in [1.165, 1.54) is 15.6 Å². The number of aryl methyl sites for hydroxylation is 1. The van der Waals surface area contributed by atoms with Crippen LogP contribution in [-0.2, 0) is 0 Å². The lowest BCUT2D eigenvalue weighted by atomic mass is 10.2. The van der Waals surface area contributed by atoms with E-state index in [-0.39, 0.29) is 0 Å². The van der Waals surface area contributed by atoms with Gasteiger partial charge in [-0.25, -0.2) is 0 Å². The van der Waals surface area contributed by atoms with Crippen molar-refractivity contribution in [1.29, 1.82) is 0 Å². The minimum atomic E-state index is 0.861. The predicted molar refractivity (Wildman–Crippen MR) is 51.6 cm³/mol. The van der Waals surface area contributed by atoms with Gasteiger partial charge >= 0.3 is 0 Å². The summed E-state index contributed by atoms with van der Waals surface area (Å²) in [4.78, 5) is 0. The van der Waals surface area contributed by atoms with Gasteiger partial charge in [0.15, 0.2) is 0 Å². The lowest BCUT2D eigenvalue weighted by molar-refractivity contribution is 1.56. The molecule has 0 atom stereocenters. The first-order chi connectivity index (χ1) is 5.29. The van der Waals surface area contributed by atoms with Crippen LogP contribution in [0.5, 0.6) is 0 Å². The van der Waals surface area contributed by atoms with Crippen molar-refractivity contribution in [3.8, 4) is 0 Å². The third-order valence-corrected chi connectivity index (χ3v) is 3.26. The summed E-state index contributed by atoms with van der Waals surface area (Å²) in [6.07, 6.45) is 0. The molecule has 2 rings (SSSR count). The molecule has 0 spiro atoms. The van der Waals surface area contributed by atoms with Crippen LogP contribution in [0.2, 0.25) is 5.02 Å². The summed E-state index contributed by atoms with van der Waals surface area (Å²) in [5.41, 5.74) is 1.19. The highest BCUT2D eigenvalue weighted by Crippen LogP contribution is 2.29. The SMILES string of the molecule is Cc1c(Cl)ccc2ccsc12. The van der Waals surface area contributed by atoms with E-state index in [1.54, 1.807) is 11.3 Å². The molecular formula is C9H7ClS. The van der Waals surface area contributed by atoms with Gasteiger partial charge in [0.05, 0.1) is 0 Å². The molecule has 0 unspecified atom stereocenters. The van der Waals surface area contributed by atoms with Crippen LogP contribution in [0.15, 0.2) is 23.6 Å². The first-order valence-corrected chi connectivity index (χ1v) is 4.67. The van der Waals surface area contributed by atoms with E-state index in [9.17, 15) is 0 Å². The highest BCUT2D eigenvalue weighted by molar-refractivity contribution is 7.17. The maximum absolute atomic E-state index is 5.95. The Bertz CT molecular complexity index is 389. The molecule has 0 fully saturated rings. The lowest BCUT2D eigenvalue weighted by Crippen LogP contribution is -1.72. The molecule has 0 saturated carbocycles. The summed E-state index contributed by atoms with van der Waals surface area (Å²) in [6, 6.07) is 6.12. The molecule has 0 bridgehead atoms. The van der Waals surface area contributed by atoms with Crippen molar-refractivity contribution in [3.05, 3.63) is 34.2 Å². The maximum Gasteiger partial charge on any atom is 0.0449 e. The number of halogens is 1. The zero-order chi connectivity index (χ0) is 7.84. The fraction of sp³-hybridized carbons (Fsp3) is 0.111. The molecule has 0 nitrogen and oxygen atoms in total. The molecule has 0 N–H and O–H groups in total. The average molecular weight is 183 g/mol. The monoisotopic (exact) mass is 182 g/mol. The van der Waals surface area contributed by atoms with Gasteiger partial charge in [-0.2, -0.15) is 0 Å². The zero-order valence-electron chi connectivity index (χ0n) is 6.10. The fourth-order valence-corrected chi connectivity index (χ4v) is 2.27. The van der Waals surface area contributed by atoms with Gasteiger partial charge in [0.1, 0.15) is 0 Å². The van der Waals surface area contributed by atoms with Gasteiger partial charge in [0.2, 0.25) is 0 Å². The van der Waals surface area contributed by atoms with Crippen molar-refractivity contribution >= 4 is 33.0 Å².